The molecule has 116 valence electrons. The molecule has 3 rings (SSSR count). The van der Waals surface area contributed by atoms with Crippen molar-refractivity contribution >= 4 is 12.0 Å². The second kappa shape index (κ2) is 5.88. The van der Waals surface area contributed by atoms with E-state index in [0.717, 1.165) is 36.5 Å². The first-order valence-electron chi connectivity index (χ1n) is 7.42. The van der Waals surface area contributed by atoms with Gasteiger partial charge in [0.1, 0.15) is 5.69 Å². The predicted molar refractivity (Wildman–Crippen MR) is 84.0 cm³/mol. The van der Waals surface area contributed by atoms with E-state index in [1.807, 2.05) is 37.6 Å². The summed E-state index contributed by atoms with van der Waals surface area (Å²) in [5, 5.41) is 0. The quantitative estimate of drug-likeness (QED) is 0.810. The first kappa shape index (κ1) is 14.7. The van der Waals surface area contributed by atoms with Gasteiger partial charge in [0.05, 0.1) is 41.8 Å². The van der Waals surface area contributed by atoms with Crippen molar-refractivity contribution in [2.24, 2.45) is 7.05 Å². The molecule has 1 fully saturated rings. The SMILES string of the molecule is CC1CN(c2ccc(-c3cncn3C)nc2C=O)CC(C)O1. The molecule has 22 heavy (non-hydrogen) atoms. The molecule has 0 saturated carbocycles. The molecule has 2 atom stereocenters. The summed E-state index contributed by atoms with van der Waals surface area (Å²) < 4.78 is 7.63. The number of hydrogen-bond donors (Lipinski definition) is 0. The number of imidazole rings is 1. The van der Waals surface area contributed by atoms with Crippen molar-refractivity contribution in [2.75, 3.05) is 18.0 Å². The van der Waals surface area contributed by atoms with Crippen LogP contribution in [-0.2, 0) is 11.8 Å². The molecule has 0 bridgehead atoms. The van der Waals surface area contributed by atoms with Crippen molar-refractivity contribution in [3.8, 4) is 11.4 Å². The molecule has 0 spiro atoms. The number of aldehydes is 1. The van der Waals surface area contributed by atoms with Gasteiger partial charge in [-0.1, -0.05) is 0 Å². The zero-order chi connectivity index (χ0) is 15.7. The third-order valence-electron chi connectivity index (χ3n) is 3.85. The van der Waals surface area contributed by atoms with Gasteiger partial charge in [0, 0.05) is 20.1 Å². The fourth-order valence-electron chi connectivity index (χ4n) is 2.94. The summed E-state index contributed by atoms with van der Waals surface area (Å²) in [6, 6.07) is 3.90. The first-order valence-corrected chi connectivity index (χ1v) is 7.42. The largest absolute Gasteiger partial charge is 0.372 e. The van der Waals surface area contributed by atoms with Crippen LogP contribution in [0.1, 0.15) is 24.3 Å². The van der Waals surface area contributed by atoms with Gasteiger partial charge >= 0.3 is 0 Å². The van der Waals surface area contributed by atoms with Crippen LogP contribution in [0.25, 0.3) is 11.4 Å². The highest BCUT2D eigenvalue weighted by molar-refractivity contribution is 5.83. The zero-order valence-electron chi connectivity index (χ0n) is 13.1. The molecule has 0 aromatic carbocycles. The fraction of sp³-hybridized carbons (Fsp3) is 0.438. The first-order chi connectivity index (χ1) is 10.6. The second-order valence-electron chi connectivity index (χ2n) is 5.77. The Bertz CT molecular complexity index is 673. The summed E-state index contributed by atoms with van der Waals surface area (Å²) in [6.45, 7) is 5.61. The summed E-state index contributed by atoms with van der Waals surface area (Å²) in [5.74, 6) is 0. The topological polar surface area (TPSA) is 60.2 Å². The molecule has 0 radical (unpaired) electrons. The molecular weight excluding hydrogens is 280 g/mol. The lowest BCUT2D eigenvalue weighted by Gasteiger charge is -2.37. The minimum atomic E-state index is 0.139. The van der Waals surface area contributed by atoms with E-state index < -0.39 is 0 Å². The molecule has 2 aromatic rings. The van der Waals surface area contributed by atoms with E-state index in [-0.39, 0.29) is 12.2 Å². The molecule has 1 saturated heterocycles. The second-order valence-corrected chi connectivity index (χ2v) is 5.77. The number of rotatable bonds is 3. The van der Waals surface area contributed by atoms with Gasteiger partial charge in [0.2, 0.25) is 0 Å². The Hall–Kier alpha value is -2.21. The lowest BCUT2D eigenvalue weighted by molar-refractivity contribution is -0.00527. The summed E-state index contributed by atoms with van der Waals surface area (Å²) in [6.07, 6.45) is 4.56. The Morgan fingerprint density at radius 2 is 2.00 bits per heavy atom. The number of nitrogens with zero attached hydrogens (tertiary/aromatic N) is 4. The van der Waals surface area contributed by atoms with Crippen LogP contribution in [0.15, 0.2) is 24.7 Å². The molecule has 1 aliphatic rings. The molecule has 2 aromatic heterocycles. The monoisotopic (exact) mass is 300 g/mol. The average Bonchev–Trinajstić information content (AvgIpc) is 2.91. The third-order valence-corrected chi connectivity index (χ3v) is 3.85. The number of aryl methyl sites for hydroxylation is 1. The van der Waals surface area contributed by atoms with Gasteiger partial charge in [-0.2, -0.15) is 0 Å². The Kier molecular flexibility index (Phi) is 3.94. The number of aromatic nitrogens is 3. The highest BCUT2D eigenvalue weighted by atomic mass is 16.5. The van der Waals surface area contributed by atoms with E-state index in [2.05, 4.69) is 14.9 Å². The van der Waals surface area contributed by atoms with Crippen LogP contribution in [0.5, 0.6) is 0 Å². The van der Waals surface area contributed by atoms with E-state index in [1.54, 1.807) is 12.5 Å². The van der Waals surface area contributed by atoms with Crippen LogP contribution in [0, 0.1) is 0 Å². The van der Waals surface area contributed by atoms with Crippen LogP contribution in [-0.4, -0.2) is 46.1 Å². The molecular formula is C16H20N4O2. The van der Waals surface area contributed by atoms with E-state index >= 15 is 0 Å². The summed E-state index contributed by atoms with van der Waals surface area (Å²) in [7, 11) is 1.91. The van der Waals surface area contributed by atoms with Crippen LogP contribution >= 0.6 is 0 Å². The van der Waals surface area contributed by atoms with Gasteiger partial charge in [-0.15, -0.1) is 0 Å². The Balaban J connectivity index is 1.96. The maximum absolute atomic E-state index is 11.5. The normalized spacial score (nSPS) is 21.9. The smallest absolute Gasteiger partial charge is 0.170 e. The van der Waals surface area contributed by atoms with Crippen LogP contribution in [0.2, 0.25) is 0 Å². The predicted octanol–water partition coefficient (Wildman–Crippen LogP) is 1.91. The molecule has 3 heterocycles. The van der Waals surface area contributed by atoms with Crippen LogP contribution in [0.4, 0.5) is 5.69 Å². The highest BCUT2D eigenvalue weighted by Crippen LogP contribution is 2.26. The third kappa shape index (κ3) is 2.74. The molecule has 0 amide bonds. The summed E-state index contributed by atoms with van der Waals surface area (Å²) in [4.78, 5) is 22.3. The maximum Gasteiger partial charge on any atom is 0.170 e. The molecule has 0 N–H and O–H groups in total. The summed E-state index contributed by atoms with van der Waals surface area (Å²) in [5.41, 5.74) is 2.96. The van der Waals surface area contributed by atoms with Gasteiger partial charge in [-0.05, 0) is 26.0 Å². The van der Waals surface area contributed by atoms with Crippen LogP contribution < -0.4 is 4.90 Å². The van der Waals surface area contributed by atoms with Gasteiger partial charge < -0.3 is 14.2 Å². The van der Waals surface area contributed by atoms with E-state index in [4.69, 9.17) is 4.74 Å². The van der Waals surface area contributed by atoms with Gasteiger partial charge in [-0.3, -0.25) is 4.79 Å². The van der Waals surface area contributed by atoms with E-state index in [1.165, 1.54) is 0 Å². The number of pyridine rings is 1. The van der Waals surface area contributed by atoms with Gasteiger partial charge in [0.15, 0.2) is 6.29 Å². The van der Waals surface area contributed by atoms with E-state index in [9.17, 15) is 4.79 Å². The van der Waals surface area contributed by atoms with Crippen LogP contribution in [0.3, 0.4) is 0 Å². The number of ether oxygens (including phenoxy) is 1. The van der Waals surface area contributed by atoms with Crippen molar-refractivity contribution in [3.63, 3.8) is 0 Å². The Labute approximate surface area is 129 Å². The van der Waals surface area contributed by atoms with Crippen molar-refractivity contribution in [1.82, 2.24) is 14.5 Å². The van der Waals surface area contributed by atoms with Crippen molar-refractivity contribution in [1.29, 1.82) is 0 Å². The number of hydrogen-bond acceptors (Lipinski definition) is 5. The number of anilines is 1. The fourth-order valence-corrected chi connectivity index (χ4v) is 2.94. The van der Waals surface area contributed by atoms with Crippen molar-refractivity contribution < 1.29 is 9.53 Å². The van der Waals surface area contributed by atoms with Crippen molar-refractivity contribution in [3.05, 3.63) is 30.4 Å². The number of carbonyl (C=O) groups excluding carboxylic acids is 1. The molecule has 6 nitrogen and oxygen atoms in total. The zero-order valence-corrected chi connectivity index (χ0v) is 13.1. The number of carbonyl (C=O) groups is 1. The Morgan fingerprint density at radius 1 is 1.27 bits per heavy atom. The van der Waals surface area contributed by atoms with Crippen molar-refractivity contribution in [2.45, 2.75) is 26.1 Å². The molecule has 2 unspecified atom stereocenters. The van der Waals surface area contributed by atoms with Gasteiger partial charge in [-0.25, -0.2) is 9.97 Å². The minimum absolute atomic E-state index is 0.139. The molecule has 0 aliphatic carbocycles. The average molecular weight is 300 g/mol. The van der Waals surface area contributed by atoms with Gasteiger partial charge in [0.25, 0.3) is 0 Å². The lowest BCUT2D eigenvalue weighted by atomic mass is 10.1. The van der Waals surface area contributed by atoms with E-state index in [0.29, 0.717) is 5.69 Å². The molecule has 6 heteroatoms. The summed E-state index contributed by atoms with van der Waals surface area (Å²) >= 11 is 0. The standard InChI is InChI=1S/C16H20N4O2/c1-11-7-20(8-12(2)22-11)15-5-4-13(18-14(15)9-21)16-6-17-10-19(16)3/h4-6,9-12H,7-8H2,1-3H3. The number of morpholine rings is 1. The minimum Gasteiger partial charge on any atom is -0.372 e. The highest BCUT2D eigenvalue weighted by Gasteiger charge is 2.24. The Morgan fingerprint density at radius 3 is 2.59 bits per heavy atom. The maximum atomic E-state index is 11.5. The molecule has 1 aliphatic heterocycles. The lowest BCUT2D eigenvalue weighted by Crippen LogP contribution is -2.45.